The lowest BCUT2D eigenvalue weighted by atomic mass is 10.1. The highest BCUT2D eigenvalue weighted by Crippen LogP contribution is 2.25. The lowest BCUT2D eigenvalue weighted by Gasteiger charge is -2.12. The average molecular weight is 373 g/mol. The number of carbonyl (C=O) groups is 1. The van der Waals surface area contributed by atoms with E-state index < -0.39 is 0 Å². The monoisotopic (exact) mass is 372 g/mol. The standard InChI is InChI=1S/C19H17ClN2O4/c1-13(23)26-11-10-25-12-22-19(24)17-5-3-2-4-16(17)18(21-22)14-6-8-15(20)9-7-14/h2-9H,10-12H2,1H3. The van der Waals surface area contributed by atoms with Gasteiger partial charge in [-0.3, -0.25) is 9.59 Å². The van der Waals surface area contributed by atoms with E-state index in [9.17, 15) is 9.59 Å². The number of aromatic nitrogens is 2. The van der Waals surface area contributed by atoms with Crippen LogP contribution in [-0.2, 0) is 21.0 Å². The minimum atomic E-state index is -0.375. The fourth-order valence-corrected chi connectivity index (χ4v) is 2.66. The van der Waals surface area contributed by atoms with Crippen molar-refractivity contribution in [1.82, 2.24) is 9.78 Å². The van der Waals surface area contributed by atoms with Crippen LogP contribution in [0.1, 0.15) is 6.92 Å². The Morgan fingerprint density at radius 1 is 1.08 bits per heavy atom. The van der Waals surface area contributed by atoms with E-state index in [0.29, 0.717) is 16.1 Å². The van der Waals surface area contributed by atoms with Crippen LogP contribution in [0.3, 0.4) is 0 Å². The molecule has 0 N–H and O–H groups in total. The van der Waals surface area contributed by atoms with Crippen LogP contribution in [0.4, 0.5) is 0 Å². The van der Waals surface area contributed by atoms with E-state index >= 15 is 0 Å². The number of hydrogen-bond donors (Lipinski definition) is 0. The number of nitrogens with zero attached hydrogens (tertiary/aromatic N) is 2. The molecule has 0 saturated heterocycles. The molecule has 1 heterocycles. The number of esters is 1. The molecular weight excluding hydrogens is 356 g/mol. The van der Waals surface area contributed by atoms with Crippen LogP contribution in [-0.4, -0.2) is 29.0 Å². The molecule has 0 atom stereocenters. The van der Waals surface area contributed by atoms with Crippen molar-refractivity contribution < 1.29 is 14.3 Å². The van der Waals surface area contributed by atoms with Gasteiger partial charge in [-0.15, -0.1) is 0 Å². The van der Waals surface area contributed by atoms with Gasteiger partial charge < -0.3 is 9.47 Å². The minimum absolute atomic E-state index is 0.0362. The molecule has 3 aromatic rings. The number of benzene rings is 2. The molecular formula is C19H17ClN2O4. The quantitative estimate of drug-likeness (QED) is 0.490. The smallest absolute Gasteiger partial charge is 0.302 e. The van der Waals surface area contributed by atoms with Crippen molar-refractivity contribution in [2.45, 2.75) is 13.7 Å². The Morgan fingerprint density at radius 3 is 2.46 bits per heavy atom. The Labute approximate surface area is 154 Å². The molecule has 26 heavy (non-hydrogen) atoms. The Kier molecular flexibility index (Phi) is 5.65. The zero-order valence-electron chi connectivity index (χ0n) is 14.1. The molecule has 0 radical (unpaired) electrons. The van der Waals surface area contributed by atoms with Crippen LogP contribution in [0.25, 0.3) is 22.0 Å². The Bertz CT molecular complexity index is 983. The lowest BCUT2D eigenvalue weighted by molar-refractivity contribution is -0.143. The first-order chi connectivity index (χ1) is 12.6. The fourth-order valence-electron chi connectivity index (χ4n) is 2.54. The molecule has 0 fully saturated rings. The van der Waals surface area contributed by atoms with Gasteiger partial charge in [0.1, 0.15) is 13.3 Å². The van der Waals surface area contributed by atoms with E-state index in [1.807, 2.05) is 24.3 Å². The minimum Gasteiger partial charge on any atom is -0.463 e. The third-order valence-corrected chi connectivity index (χ3v) is 3.98. The van der Waals surface area contributed by atoms with E-state index in [1.54, 1.807) is 24.3 Å². The topological polar surface area (TPSA) is 70.4 Å². The number of rotatable bonds is 6. The molecule has 0 unspecified atom stereocenters. The lowest BCUT2D eigenvalue weighted by Crippen LogP contribution is -2.25. The molecule has 3 rings (SSSR count). The molecule has 0 saturated carbocycles. The maximum absolute atomic E-state index is 12.7. The molecule has 2 aromatic carbocycles. The summed E-state index contributed by atoms with van der Waals surface area (Å²) in [6, 6.07) is 14.6. The summed E-state index contributed by atoms with van der Waals surface area (Å²) in [5.41, 5.74) is 1.27. The molecule has 1 aromatic heterocycles. The molecule has 6 nitrogen and oxygen atoms in total. The molecule has 7 heteroatoms. The summed E-state index contributed by atoms with van der Waals surface area (Å²) in [6.07, 6.45) is 0. The summed E-state index contributed by atoms with van der Waals surface area (Å²) >= 11 is 5.96. The van der Waals surface area contributed by atoms with Crippen LogP contribution in [0.5, 0.6) is 0 Å². The first-order valence-corrected chi connectivity index (χ1v) is 8.41. The molecule has 0 aliphatic carbocycles. The van der Waals surface area contributed by atoms with Gasteiger partial charge in [0.05, 0.1) is 17.7 Å². The maximum Gasteiger partial charge on any atom is 0.302 e. The van der Waals surface area contributed by atoms with Crippen LogP contribution in [0.15, 0.2) is 53.3 Å². The van der Waals surface area contributed by atoms with Gasteiger partial charge >= 0.3 is 5.97 Å². The van der Waals surface area contributed by atoms with Crippen molar-refractivity contribution in [3.05, 3.63) is 63.9 Å². The molecule has 0 spiro atoms. The van der Waals surface area contributed by atoms with Crippen LogP contribution < -0.4 is 5.56 Å². The van der Waals surface area contributed by atoms with Crippen molar-refractivity contribution in [2.75, 3.05) is 13.2 Å². The van der Waals surface area contributed by atoms with Gasteiger partial charge in [0, 0.05) is 22.9 Å². The van der Waals surface area contributed by atoms with E-state index in [2.05, 4.69) is 5.10 Å². The van der Waals surface area contributed by atoms with E-state index in [1.165, 1.54) is 11.6 Å². The first-order valence-electron chi connectivity index (χ1n) is 8.03. The third-order valence-electron chi connectivity index (χ3n) is 3.73. The van der Waals surface area contributed by atoms with E-state index in [0.717, 1.165) is 10.9 Å². The van der Waals surface area contributed by atoms with Gasteiger partial charge in [-0.2, -0.15) is 5.10 Å². The number of halogens is 1. The van der Waals surface area contributed by atoms with E-state index in [4.69, 9.17) is 21.1 Å². The highest BCUT2D eigenvalue weighted by atomic mass is 35.5. The second-order valence-corrected chi connectivity index (χ2v) is 6.02. The van der Waals surface area contributed by atoms with Crippen LogP contribution in [0, 0.1) is 0 Å². The second kappa shape index (κ2) is 8.12. The highest BCUT2D eigenvalue weighted by Gasteiger charge is 2.12. The molecule has 134 valence electrons. The second-order valence-electron chi connectivity index (χ2n) is 5.58. The van der Waals surface area contributed by atoms with Gasteiger partial charge in [-0.05, 0) is 18.2 Å². The van der Waals surface area contributed by atoms with Gasteiger partial charge in [0.25, 0.3) is 5.56 Å². The van der Waals surface area contributed by atoms with Crippen molar-refractivity contribution >= 4 is 28.3 Å². The average Bonchev–Trinajstić information content (AvgIpc) is 2.64. The van der Waals surface area contributed by atoms with Crippen molar-refractivity contribution in [3.8, 4) is 11.3 Å². The number of fused-ring (bicyclic) bond motifs is 1. The molecule has 0 amide bonds. The third kappa shape index (κ3) is 4.09. The Balaban J connectivity index is 1.94. The van der Waals surface area contributed by atoms with Gasteiger partial charge in [-0.1, -0.05) is 41.9 Å². The van der Waals surface area contributed by atoms with Crippen molar-refractivity contribution in [3.63, 3.8) is 0 Å². The van der Waals surface area contributed by atoms with E-state index in [-0.39, 0.29) is 31.5 Å². The Hall–Kier alpha value is -2.70. The summed E-state index contributed by atoms with van der Waals surface area (Å²) in [5, 5.41) is 6.40. The van der Waals surface area contributed by atoms with Crippen molar-refractivity contribution in [2.24, 2.45) is 0 Å². The molecule has 0 bridgehead atoms. The highest BCUT2D eigenvalue weighted by molar-refractivity contribution is 6.30. The SMILES string of the molecule is CC(=O)OCCOCn1nc(-c2ccc(Cl)cc2)c2ccccc2c1=O. The predicted molar refractivity (Wildman–Crippen MR) is 99.0 cm³/mol. The van der Waals surface area contributed by atoms with Crippen LogP contribution >= 0.6 is 11.6 Å². The number of hydrogen-bond acceptors (Lipinski definition) is 5. The van der Waals surface area contributed by atoms with Gasteiger partial charge in [-0.25, -0.2) is 4.68 Å². The Morgan fingerprint density at radius 2 is 1.77 bits per heavy atom. The normalized spacial score (nSPS) is 10.8. The predicted octanol–water partition coefficient (Wildman–Crippen LogP) is 3.25. The van der Waals surface area contributed by atoms with Crippen LogP contribution in [0.2, 0.25) is 5.02 Å². The molecule has 0 aliphatic rings. The van der Waals surface area contributed by atoms with Crippen molar-refractivity contribution in [1.29, 1.82) is 0 Å². The first kappa shape index (κ1) is 18.1. The largest absolute Gasteiger partial charge is 0.463 e. The number of ether oxygens (including phenoxy) is 2. The summed E-state index contributed by atoms with van der Waals surface area (Å²) in [6.45, 7) is 1.60. The zero-order valence-corrected chi connectivity index (χ0v) is 14.9. The summed E-state index contributed by atoms with van der Waals surface area (Å²) in [5.74, 6) is -0.375. The summed E-state index contributed by atoms with van der Waals surface area (Å²) in [7, 11) is 0. The van der Waals surface area contributed by atoms with Gasteiger partial charge in [0.2, 0.25) is 0 Å². The zero-order chi connectivity index (χ0) is 18.5. The maximum atomic E-state index is 12.7. The van der Waals surface area contributed by atoms with Gasteiger partial charge in [0.15, 0.2) is 0 Å². The fraction of sp³-hybridized carbons (Fsp3) is 0.211. The molecule has 0 aliphatic heterocycles. The number of carbonyl (C=O) groups excluding carboxylic acids is 1. The summed E-state index contributed by atoms with van der Waals surface area (Å²) < 4.78 is 11.5. The summed E-state index contributed by atoms with van der Waals surface area (Å²) in [4.78, 5) is 23.4.